The molecule has 0 aromatic heterocycles. The second-order valence-corrected chi connectivity index (χ2v) is 5.18. The van der Waals surface area contributed by atoms with E-state index in [0.29, 0.717) is 13.1 Å². The number of thiol groups is 1. The van der Waals surface area contributed by atoms with Crippen molar-refractivity contribution < 1.29 is 8.42 Å². The number of benzene rings is 2. The molecule has 0 aliphatic carbocycles. The van der Waals surface area contributed by atoms with Crippen LogP contribution < -0.4 is 15.4 Å². The zero-order chi connectivity index (χ0) is 15.0. The molecule has 5 nitrogen and oxygen atoms in total. The minimum Gasteiger partial charge on any atom is -0.377 e. The van der Waals surface area contributed by atoms with Crippen LogP contribution in [0.4, 0.5) is 5.69 Å². The van der Waals surface area contributed by atoms with Crippen molar-refractivity contribution in [2.75, 3.05) is 32.1 Å². The highest BCUT2D eigenvalue weighted by Crippen LogP contribution is 2.24. The highest BCUT2D eigenvalue weighted by atomic mass is 32.2. The summed E-state index contributed by atoms with van der Waals surface area (Å²) in [6.07, 6.45) is 0. The van der Waals surface area contributed by atoms with Crippen LogP contribution in [0.2, 0.25) is 0 Å². The third-order valence-electron chi connectivity index (χ3n) is 2.63. The predicted molar refractivity (Wildman–Crippen MR) is 85.6 cm³/mol. The minimum absolute atomic E-state index is 0.332. The molecular formula is C14H21N3O2S. The SMILES string of the molecule is CN(C)c1cccc2ccccc12.NCCN[SH](=O)=O. The molecule has 0 aliphatic heterocycles. The van der Waals surface area contributed by atoms with Crippen molar-refractivity contribution in [2.24, 2.45) is 5.73 Å². The van der Waals surface area contributed by atoms with E-state index in [1.807, 2.05) is 0 Å². The van der Waals surface area contributed by atoms with E-state index in [4.69, 9.17) is 5.73 Å². The van der Waals surface area contributed by atoms with E-state index in [1.165, 1.54) is 16.5 Å². The Morgan fingerprint density at radius 3 is 2.30 bits per heavy atom. The van der Waals surface area contributed by atoms with E-state index in [9.17, 15) is 8.42 Å². The van der Waals surface area contributed by atoms with Gasteiger partial charge in [-0.3, -0.25) is 0 Å². The second kappa shape index (κ2) is 8.52. The Kier molecular flexibility index (Phi) is 7.00. The van der Waals surface area contributed by atoms with Crippen LogP contribution in [0.15, 0.2) is 42.5 Å². The molecule has 2 rings (SSSR count). The first kappa shape index (κ1) is 16.4. The first-order valence-electron chi connectivity index (χ1n) is 6.29. The zero-order valence-corrected chi connectivity index (χ0v) is 12.6. The highest BCUT2D eigenvalue weighted by molar-refractivity contribution is 7.70. The summed E-state index contributed by atoms with van der Waals surface area (Å²) in [7, 11) is 1.71. The number of nitrogens with two attached hydrogens (primary N) is 1. The van der Waals surface area contributed by atoms with E-state index >= 15 is 0 Å². The molecule has 0 saturated heterocycles. The molecule has 0 saturated carbocycles. The highest BCUT2D eigenvalue weighted by Gasteiger charge is 1.99. The molecule has 3 N–H and O–H groups in total. The number of rotatable bonds is 4. The Bertz CT molecular complexity index is 599. The third kappa shape index (κ3) is 5.16. The Labute approximate surface area is 121 Å². The molecule has 6 heteroatoms. The van der Waals surface area contributed by atoms with E-state index in [2.05, 4.69) is 66.2 Å². The first-order valence-corrected chi connectivity index (χ1v) is 7.47. The fourth-order valence-electron chi connectivity index (χ4n) is 1.75. The van der Waals surface area contributed by atoms with Crippen molar-refractivity contribution >= 4 is 27.4 Å². The summed E-state index contributed by atoms with van der Waals surface area (Å²) in [6.45, 7) is 0.683. The van der Waals surface area contributed by atoms with Gasteiger partial charge in [0.15, 0.2) is 0 Å². The minimum atomic E-state index is -2.44. The summed E-state index contributed by atoms with van der Waals surface area (Å²) < 4.78 is 21.4. The van der Waals surface area contributed by atoms with Crippen LogP contribution in [-0.4, -0.2) is 35.6 Å². The summed E-state index contributed by atoms with van der Waals surface area (Å²) in [5.74, 6) is 0. The van der Waals surface area contributed by atoms with Gasteiger partial charge in [0.05, 0.1) is 0 Å². The van der Waals surface area contributed by atoms with Gasteiger partial charge in [0.2, 0.25) is 10.9 Å². The summed E-state index contributed by atoms with van der Waals surface area (Å²) in [4.78, 5) is 2.14. The summed E-state index contributed by atoms with van der Waals surface area (Å²) in [6, 6.07) is 14.8. The lowest BCUT2D eigenvalue weighted by Gasteiger charge is -2.14. The van der Waals surface area contributed by atoms with Crippen LogP contribution in [0.25, 0.3) is 10.8 Å². The molecule has 0 heterocycles. The standard InChI is InChI=1S/C12H13N.C2H8N2O2S/c1-13(2)12-9-5-7-10-6-3-4-8-11(10)12;3-1-2-4-7(5)6/h3-9H,1-2H3;7H,1-3H2,(H,4,5,6). The average molecular weight is 295 g/mol. The Hall–Kier alpha value is -1.63. The van der Waals surface area contributed by atoms with Crippen LogP contribution in [0.3, 0.4) is 0 Å². The quantitative estimate of drug-likeness (QED) is 0.735. The summed E-state index contributed by atoms with van der Waals surface area (Å²) in [5, 5.41) is 2.61. The Morgan fingerprint density at radius 1 is 1.10 bits per heavy atom. The lowest BCUT2D eigenvalue weighted by Crippen LogP contribution is -2.20. The largest absolute Gasteiger partial charge is 0.377 e. The molecule has 0 bridgehead atoms. The van der Waals surface area contributed by atoms with E-state index in [-0.39, 0.29) is 0 Å². The van der Waals surface area contributed by atoms with Crippen molar-refractivity contribution in [2.45, 2.75) is 0 Å². The maximum atomic E-state index is 9.63. The lowest BCUT2D eigenvalue weighted by molar-refractivity contribution is 0.602. The van der Waals surface area contributed by atoms with Gasteiger partial charge in [-0.1, -0.05) is 36.4 Å². The molecule has 0 amide bonds. The predicted octanol–water partition coefficient (Wildman–Crippen LogP) is 0.967. The Morgan fingerprint density at radius 2 is 1.75 bits per heavy atom. The van der Waals surface area contributed by atoms with Crippen LogP contribution in [0.1, 0.15) is 0 Å². The van der Waals surface area contributed by atoms with Gasteiger partial charge in [0.1, 0.15) is 0 Å². The molecule has 2 aromatic carbocycles. The summed E-state index contributed by atoms with van der Waals surface area (Å²) in [5.41, 5.74) is 6.22. The smallest absolute Gasteiger partial charge is 0.201 e. The zero-order valence-electron chi connectivity index (χ0n) is 11.7. The molecule has 0 atom stereocenters. The molecule has 110 valence electrons. The molecule has 0 radical (unpaired) electrons. The molecule has 2 aromatic rings. The number of hydrogen-bond acceptors (Lipinski definition) is 4. The monoisotopic (exact) mass is 295 g/mol. The normalized spacial score (nSPS) is 10.2. The van der Waals surface area contributed by atoms with Gasteiger partial charge in [-0.25, -0.2) is 13.1 Å². The van der Waals surface area contributed by atoms with Gasteiger partial charge in [-0.15, -0.1) is 0 Å². The topological polar surface area (TPSA) is 75.4 Å². The van der Waals surface area contributed by atoms with Crippen LogP contribution in [0.5, 0.6) is 0 Å². The van der Waals surface area contributed by atoms with Crippen molar-refractivity contribution in [3.05, 3.63) is 42.5 Å². The second-order valence-electron chi connectivity index (χ2n) is 4.35. The molecule has 0 spiro atoms. The van der Waals surface area contributed by atoms with Gasteiger partial charge in [-0.2, -0.15) is 0 Å². The maximum absolute atomic E-state index is 9.63. The van der Waals surface area contributed by atoms with Crippen LogP contribution in [-0.2, 0) is 10.9 Å². The number of nitrogens with zero attached hydrogens (tertiary/aromatic N) is 1. The van der Waals surface area contributed by atoms with E-state index in [1.54, 1.807) is 0 Å². The molecule has 0 aliphatic rings. The van der Waals surface area contributed by atoms with Gasteiger partial charge >= 0.3 is 0 Å². The fraction of sp³-hybridized carbons (Fsp3) is 0.286. The fourth-order valence-corrected chi connectivity index (χ4v) is 2.07. The lowest BCUT2D eigenvalue weighted by atomic mass is 10.1. The molecule has 0 fully saturated rings. The summed E-state index contributed by atoms with van der Waals surface area (Å²) >= 11 is 0. The molecule has 20 heavy (non-hydrogen) atoms. The molecule has 0 unspecified atom stereocenters. The molecular weight excluding hydrogens is 274 g/mol. The van der Waals surface area contributed by atoms with E-state index < -0.39 is 10.9 Å². The van der Waals surface area contributed by atoms with Crippen molar-refractivity contribution in [1.29, 1.82) is 0 Å². The number of hydrogen-bond donors (Lipinski definition) is 3. The van der Waals surface area contributed by atoms with Crippen molar-refractivity contribution in [3.63, 3.8) is 0 Å². The maximum Gasteiger partial charge on any atom is 0.201 e. The van der Waals surface area contributed by atoms with Gasteiger partial charge < -0.3 is 10.6 Å². The first-order chi connectivity index (χ1) is 9.56. The third-order valence-corrected chi connectivity index (χ3v) is 3.12. The Balaban J connectivity index is 0.000000246. The van der Waals surface area contributed by atoms with Gasteiger partial charge in [0, 0.05) is 38.3 Å². The number of nitrogens with one attached hydrogen (secondary N) is 1. The van der Waals surface area contributed by atoms with Crippen LogP contribution >= 0.6 is 0 Å². The van der Waals surface area contributed by atoms with Crippen molar-refractivity contribution in [3.8, 4) is 0 Å². The van der Waals surface area contributed by atoms with Crippen molar-refractivity contribution in [1.82, 2.24) is 4.72 Å². The average Bonchev–Trinajstić information content (AvgIpc) is 2.45. The van der Waals surface area contributed by atoms with Gasteiger partial charge in [0.25, 0.3) is 0 Å². The number of fused-ring (bicyclic) bond motifs is 1. The number of anilines is 1. The van der Waals surface area contributed by atoms with Crippen LogP contribution in [0, 0.1) is 0 Å². The van der Waals surface area contributed by atoms with E-state index in [0.717, 1.165) is 0 Å². The van der Waals surface area contributed by atoms with Gasteiger partial charge in [-0.05, 0) is 11.5 Å².